The number of aliphatic imine (C=N–C) groups is 1. The highest BCUT2D eigenvalue weighted by atomic mass is 35.5. The summed E-state index contributed by atoms with van der Waals surface area (Å²) in [5.74, 6) is 0.369. The van der Waals surface area contributed by atoms with Gasteiger partial charge in [-0.3, -0.25) is 4.99 Å². The van der Waals surface area contributed by atoms with Crippen LogP contribution in [0, 0.1) is 0 Å². The summed E-state index contributed by atoms with van der Waals surface area (Å²) in [4.78, 5) is 4.36. The maximum atomic E-state index is 12.4. The lowest BCUT2D eigenvalue weighted by Gasteiger charge is -2.11. The van der Waals surface area contributed by atoms with E-state index < -0.39 is 10.1 Å². The van der Waals surface area contributed by atoms with Crippen molar-refractivity contribution in [1.29, 1.82) is 0 Å². The first-order chi connectivity index (χ1) is 13.0. The van der Waals surface area contributed by atoms with Crippen LogP contribution in [0.4, 0.5) is 5.69 Å². The zero-order valence-corrected chi connectivity index (χ0v) is 15.9. The lowest BCUT2D eigenvalue weighted by Crippen LogP contribution is -2.10. The maximum absolute atomic E-state index is 12.4. The Morgan fingerprint density at radius 3 is 2.30 bits per heavy atom. The molecule has 5 nitrogen and oxygen atoms in total. The van der Waals surface area contributed by atoms with Gasteiger partial charge >= 0.3 is 10.1 Å². The van der Waals surface area contributed by atoms with Crippen molar-refractivity contribution in [3.8, 4) is 11.5 Å². The predicted octanol–water partition coefficient (Wildman–Crippen LogP) is 4.87. The number of methoxy groups -OCH3 is 1. The number of para-hydroxylation sites is 1. The van der Waals surface area contributed by atoms with Gasteiger partial charge in [-0.05, 0) is 60.2 Å². The van der Waals surface area contributed by atoms with E-state index in [4.69, 9.17) is 20.5 Å². The average molecular weight is 402 g/mol. The first kappa shape index (κ1) is 18.9. The Balaban J connectivity index is 1.84. The van der Waals surface area contributed by atoms with Crippen LogP contribution < -0.4 is 8.92 Å². The van der Waals surface area contributed by atoms with E-state index in [1.54, 1.807) is 18.3 Å². The largest absolute Gasteiger partial charge is 0.493 e. The van der Waals surface area contributed by atoms with E-state index in [1.165, 1.54) is 37.4 Å². The zero-order chi connectivity index (χ0) is 19.3. The van der Waals surface area contributed by atoms with Crippen LogP contribution in [0.1, 0.15) is 5.56 Å². The summed E-state index contributed by atoms with van der Waals surface area (Å²) in [5.41, 5.74) is 1.55. The van der Waals surface area contributed by atoms with Gasteiger partial charge in [0, 0.05) is 11.2 Å². The smallest absolute Gasteiger partial charge is 0.339 e. The van der Waals surface area contributed by atoms with Crippen molar-refractivity contribution in [3.63, 3.8) is 0 Å². The van der Waals surface area contributed by atoms with E-state index in [0.717, 1.165) is 11.3 Å². The van der Waals surface area contributed by atoms with Crippen molar-refractivity contribution in [3.05, 3.63) is 83.4 Å². The van der Waals surface area contributed by atoms with Gasteiger partial charge in [-0.1, -0.05) is 29.8 Å². The Kier molecular flexibility index (Phi) is 5.78. The molecule has 27 heavy (non-hydrogen) atoms. The second-order valence-electron chi connectivity index (χ2n) is 5.50. The van der Waals surface area contributed by atoms with E-state index in [0.29, 0.717) is 5.02 Å². The molecule has 0 saturated carbocycles. The summed E-state index contributed by atoms with van der Waals surface area (Å²) in [7, 11) is -2.56. The Hall–Kier alpha value is -2.83. The molecule has 0 amide bonds. The number of nitrogens with zero attached hydrogens (tertiary/aromatic N) is 1. The van der Waals surface area contributed by atoms with Crippen molar-refractivity contribution in [2.45, 2.75) is 4.90 Å². The van der Waals surface area contributed by atoms with Gasteiger partial charge in [0.15, 0.2) is 11.5 Å². The second-order valence-corrected chi connectivity index (χ2v) is 7.48. The molecule has 0 aliphatic carbocycles. The minimum Gasteiger partial charge on any atom is -0.493 e. The van der Waals surface area contributed by atoms with Crippen LogP contribution in [-0.2, 0) is 10.1 Å². The molecule has 0 aliphatic heterocycles. The monoisotopic (exact) mass is 401 g/mol. The normalized spacial score (nSPS) is 11.5. The molecule has 0 saturated heterocycles. The predicted molar refractivity (Wildman–Crippen MR) is 106 cm³/mol. The minimum absolute atomic E-state index is 0.00340. The number of ether oxygens (including phenoxy) is 1. The number of benzene rings is 3. The summed E-state index contributed by atoms with van der Waals surface area (Å²) in [6.45, 7) is 0. The SMILES string of the molecule is COc1cc(C=Nc2ccccc2)ccc1OS(=O)(=O)c1ccc(Cl)cc1. The Labute approximate surface area is 163 Å². The van der Waals surface area contributed by atoms with Gasteiger partial charge in [-0.2, -0.15) is 8.42 Å². The standard InChI is InChI=1S/C20H16ClNO4S/c1-25-20-13-15(14-22-17-5-3-2-4-6-17)7-12-19(20)26-27(23,24)18-10-8-16(21)9-11-18/h2-14H,1H3. The molecule has 0 fully saturated rings. The number of hydrogen-bond acceptors (Lipinski definition) is 5. The van der Waals surface area contributed by atoms with E-state index in [-0.39, 0.29) is 16.4 Å². The molecule has 0 spiro atoms. The fourth-order valence-corrected chi connectivity index (χ4v) is 3.33. The summed E-state index contributed by atoms with van der Waals surface area (Å²) < 4.78 is 35.4. The van der Waals surface area contributed by atoms with Crippen molar-refractivity contribution in [1.82, 2.24) is 0 Å². The van der Waals surface area contributed by atoms with Gasteiger partial charge in [0.05, 0.1) is 12.8 Å². The van der Waals surface area contributed by atoms with Crippen LogP contribution in [0.25, 0.3) is 0 Å². The lowest BCUT2D eigenvalue weighted by atomic mass is 10.2. The highest BCUT2D eigenvalue weighted by molar-refractivity contribution is 7.87. The van der Waals surface area contributed by atoms with Crippen molar-refractivity contribution in [2.24, 2.45) is 4.99 Å². The third kappa shape index (κ3) is 4.87. The van der Waals surface area contributed by atoms with Crippen LogP contribution in [0.5, 0.6) is 11.5 Å². The second kappa shape index (κ2) is 8.24. The third-order valence-electron chi connectivity index (χ3n) is 3.61. The quantitative estimate of drug-likeness (QED) is 0.436. The molecule has 0 aromatic heterocycles. The molecule has 0 heterocycles. The first-order valence-electron chi connectivity index (χ1n) is 7.95. The molecule has 0 bridgehead atoms. The van der Waals surface area contributed by atoms with Gasteiger partial charge in [-0.15, -0.1) is 0 Å². The van der Waals surface area contributed by atoms with Crippen molar-refractivity contribution >= 4 is 33.6 Å². The molecule has 3 aromatic carbocycles. The Bertz CT molecular complexity index is 1050. The first-order valence-corrected chi connectivity index (χ1v) is 9.74. The van der Waals surface area contributed by atoms with Crippen LogP contribution in [0.2, 0.25) is 5.02 Å². The van der Waals surface area contributed by atoms with Crippen LogP contribution >= 0.6 is 11.6 Å². The van der Waals surface area contributed by atoms with Crippen LogP contribution in [0.3, 0.4) is 0 Å². The highest BCUT2D eigenvalue weighted by Crippen LogP contribution is 2.30. The van der Waals surface area contributed by atoms with Gasteiger partial charge < -0.3 is 8.92 Å². The van der Waals surface area contributed by atoms with E-state index in [2.05, 4.69) is 4.99 Å². The van der Waals surface area contributed by atoms with E-state index in [9.17, 15) is 8.42 Å². The maximum Gasteiger partial charge on any atom is 0.339 e. The summed E-state index contributed by atoms with van der Waals surface area (Å²) in [5, 5.41) is 0.439. The minimum atomic E-state index is -4.00. The molecule has 0 radical (unpaired) electrons. The summed E-state index contributed by atoms with van der Waals surface area (Å²) in [6.07, 6.45) is 1.66. The lowest BCUT2D eigenvalue weighted by molar-refractivity contribution is 0.390. The molecule has 3 rings (SSSR count). The third-order valence-corrected chi connectivity index (χ3v) is 5.11. The molecule has 0 aliphatic rings. The van der Waals surface area contributed by atoms with Gasteiger partial charge in [0.2, 0.25) is 0 Å². The molecule has 0 unspecified atom stereocenters. The van der Waals surface area contributed by atoms with Crippen LogP contribution in [0.15, 0.2) is 82.7 Å². The summed E-state index contributed by atoms with van der Waals surface area (Å²) in [6, 6.07) is 20.1. The van der Waals surface area contributed by atoms with Gasteiger partial charge in [0.25, 0.3) is 0 Å². The number of halogens is 1. The molecule has 0 atom stereocenters. The Morgan fingerprint density at radius 2 is 1.63 bits per heavy atom. The van der Waals surface area contributed by atoms with Gasteiger partial charge in [0.1, 0.15) is 4.90 Å². The van der Waals surface area contributed by atoms with Gasteiger partial charge in [-0.25, -0.2) is 0 Å². The zero-order valence-electron chi connectivity index (χ0n) is 14.4. The molecular formula is C20H16ClNO4S. The topological polar surface area (TPSA) is 65.0 Å². The summed E-state index contributed by atoms with van der Waals surface area (Å²) >= 11 is 5.79. The fourth-order valence-electron chi connectivity index (χ4n) is 2.26. The average Bonchev–Trinajstić information content (AvgIpc) is 2.68. The Morgan fingerprint density at radius 1 is 0.926 bits per heavy atom. The molecule has 138 valence electrons. The fraction of sp³-hybridized carbons (Fsp3) is 0.0500. The molecule has 3 aromatic rings. The van der Waals surface area contributed by atoms with E-state index >= 15 is 0 Å². The van der Waals surface area contributed by atoms with Crippen molar-refractivity contribution < 1.29 is 17.3 Å². The van der Waals surface area contributed by atoms with Crippen molar-refractivity contribution in [2.75, 3.05) is 7.11 Å². The number of rotatable bonds is 6. The van der Waals surface area contributed by atoms with Crippen LogP contribution in [-0.4, -0.2) is 21.7 Å². The number of hydrogen-bond donors (Lipinski definition) is 0. The highest BCUT2D eigenvalue weighted by Gasteiger charge is 2.19. The molecule has 0 N–H and O–H groups in total. The molecule has 7 heteroatoms. The van der Waals surface area contributed by atoms with E-state index in [1.807, 2.05) is 30.3 Å². The molecular weight excluding hydrogens is 386 g/mol.